The third-order valence-electron chi connectivity index (χ3n) is 3.38. The Labute approximate surface area is 122 Å². The van der Waals surface area contributed by atoms with Crippen molar-refractivity contribution in [3.63, 3.8) is 0 Å². The predicted octanol–water partition coefficient (Wildman–Crippen LogP) is 2.19. The van der Waals surface area contributed by atoms with Crippen molar-refractivity contribution >= 4 is 0 Å². The molecule has 0 aromatic carbocycles. The third kappa shape index (κ3) is 5.19. The van der Waals surface area contributed by atoms with Crippen molar-refractivity contribution in [1.29, 1.82) is 0 Å². The molecule has 1 unspecified atom stereocenters. The number of morpholine rings is 1. The molecule has 0 spiro atoms. The highest BCUT2D eigenvalue weighted by Crippen LogP contribution is 2.10. The van der Waals surface area contributed by atoms with Crippen molar-refractivity contribution < 1.29 is 4.74 Å². The molecule has 2 rings (SSSR count). The second kappa shape index (κ2) is 6.66. The largest absolute Gasteiger partial charge is 0.376 e. The first kappa shape index (κ1) is 15.4. The molecule has 0 amide bonds. The molecule has 0 radical (unpaired) electrons. The van der Waals surface area contributed by atoms with Gasteiger partial charge in [0.25, 0.3) is 0 Å². The normalized spacial score (nSPS) is 21.1. The quantitative estimate of drug-likeness (QED) is 0.915. The number of ether oxygens (including phenoxy) is 1. The molecule has 1 aromatic heterocycles. The number of pyridine rings is 1. The van der Waals surface area contributed by atoms with Crippen molar-refractivity contribution in [2.24, 2.45) is 0 Å². The van der Waals surface area contributed by atoms with Crippen molar-refractivity contribution in [2.45, 2.75) is 52.4 Å². The van der Waals surface area contributed by atoms with Crippen LogP contribution in [0.25, 0.3) is 0 Å². The van der Waals surface area contributed by atoms with Gasteiger partial charge in [-0.2, -0.15) is 0 Å². The Morgan fingerprint density at radius 1 is 1.35 bits per heavy atom. The van der Waals surface area contributed by atoms with Gasteiger partial charge in [-0.25, -0.2) is 0 Å². The van der Waals surface area contributed by atoms with Crippen molar-refractivity contribution in [2.75, 3.05) is 19.7 Å². The summed E-state index contributed by atoms with van der Waals surface area (Å²) in [5.41, 5.74) is 2.38. The molecule has 112 valence electrons. The maximum Gasteiger partial charge on any atom is 0.0674 e. The van der Waals surface area contributed by atoms with E-state index in [9.17, 15) is 0 Å². The number of hydrogen-bond acceptors (Lipinski definition) is 4. The fourth-order valence-electron chi connectivity index (χ4n) is 2.33. The molecule has 4 heteroatoms. The van der Waals surface area contributed by atoms with Crippen LogP contribution in [0.4, 0.5) is 0 Å². The van der Waals surface area contributed by atoms with Gasteiger partial charge in [0.2, 0.25) is 0 Å². The fraction of sp³-hybridized carbons (Fsp3) is 0.688. The van der Waals surface area contributed by atoms with E-state index in [4.69, 9.17) is 9.72 Å². The number of nitrogens with zero attached hydrogens (tertiary/aromatic N) is 2. The number of rotatable bonds is 4. The minimum absolute atomic E-state index is 0.122. The zero-order valence-electron chi connectivity index (χ0n) is 13.1. The van der Waals surface area contributed by atoms with Gasteiger partial charge in [-0.15, -0.1) is 0 Å². The van der Waals surface area contributed by atoms with Gasteiger partial charge in [-0.3, -0.25) is 9.88 Å². The van der Waals surface area contributed by atoms with Gasteiger partial charge in [-0.05, 0) is 39.8 Å². The van der Waals surface area contributed by atoms with Crippen LogP contribution in [-0.2, 0) is 17.8 Å². The van der Waals surface area contributed by atoms with E-state index in [-0.39, 0.29) is 5.54 Å². The van der Waals surface area contributed by atoms with Crippen molar-refractivity contribution in [3.05, 3.63) is 29.6 Å². The lowest BCUT2D eigenvalue weighted by Gasteiger charge is -2.30. The van der Waals surface area contributed by atoms with Crippen LogP contribution < -0.4 is 5.32 Å². The van der Waals surface area contributed by atoms with Crippen molar-refractivity contribution in [3.8, 4) is 0 Å². The Bertz CT molecular complexity index is 428. The van der Waals surface area contributed by atoms with E-state index in [2.05, 4.69) is 56.1 Å². The zero-order chi connectivity index (χ0) is 14.6. The molecule has 2 heterocycles. The summed E-state index contributed by atoms with van der Waals surface area (Å²) in [6, 6.07) is 6.30. The molecule has 20 heavy (non-hydrogen) atoms. The van der Waals surface area contributed by atoms with E-state index in [0.717, 1.165) is 44.2 Å². The average molecular weight is 277 g/mol. The van der Waals surface area contributed by atoms with Crippen LogP contribution in [-0.4, -0.2) is 41.2 Å². The van der Waals surface area contributed by atoms with Crippen molar-refractivity contribution in [1.82, 2.24) is 15.2 Å². The van der Waals surface area contributed by atoms with Crippen LogP contribution in [0.15, 0.2) is 18.2 Å². The zero-order valence-corrected chi connectivity index (χ0v) is 13.1. The van der Waals surface area contributed by atoms with Gasteiger partial charge in [0, 0.05) is 31.7 Å². The van der Waals surface area contributed by atoms with Gasteiger partial charge in [-0.1, -0.05) is 6.07 Å². The van der Waals surface area contributed by atoms with E-state index in [1.807, 2.05) is 0 Å². The number of nitrogens with one attached hydrogen (secondary N) is 1. The van der Waals surface area contributed by atoms with E-state index in [0.29, 0.717) is 6.10 Å². The minimum atomic E-state index is 0.122. The van der Waals surface area contributed by atoms with Crippen LogP contribution in [0.1, 0.15) is 39.1 Å². The summed E-state index contributed by atoms with van der Waals surface area (Å²) in [6.07, 6.45) is 0.328. The van der Waals surface area contributed by atoms with Crippen LogP contribution in [0, 0.1) is 0 Å². The van der Waals surface area contributed by atoms with Crippen LogP contribution in [0.5, 0.6) is 0 Å². The molecule has 1 N–H and O–H groups in total. The Balaban J connectivity index is 1.92. The fourth-order valence-corrected chi connectivity index (χ4v) is 2.33. The Hall–Kier alpha value is -0.970. The maximum atomic E-state index is 5.57. The summed E-state index contributed by atoms with van der Waals surface area (Å²) in [4.78, 5) is 7.16. The molecule has 0 aliphatic carbocycles. The van der Waals surface area contributed by atoms with Gasteiger partial charge in [0.15, 0.2) is 0 Å². The summed E-state index contributed by atoms with van der Waals surface area (Å²) in [6.45, 7) is 13.2. The number of hydrogen-bond donors (Lipinski definition) is 1. The second-order valence-electron chi connectivity index (χ2n) is 6.64. The van der Waals surface area contributed by atoms with E-state index >= 15 is 0 Å². The first-order valence-electron chi connectivity index (χ1n) is 7.46. The summed E-state index contributed by atoms with van der Waals surface area (Å²) in [5, 5.41) is 3.48. The Morgan fingerprint density at radius 2 is 2.10 bits per heavy atom. The smallest absolute Gasteiger partial charge is 0.0674 e. The topological polar surface area (TPSA) is 37.4 Å². The standard InChI is InChI=1S/C16H27N3O/c1-13-11-19(8-9-20-13)12-15-7-5-6-14(18-15)10-17-16(2,3)4/h5-7,13,17H,8-12H2,1-4H3. The number of aromatic nitrogens is 1. The highest BCUT2D eigenvalue weighted by atomic mass is 16.5. The maximum absolute atomic E-state index is 5.57. The van der Waals surface area contributed by atoms with Gasteiger partial charge >= 0.3 is 0 Å². The lowest BCUT2D eigenvalue weighted by atomic mass is 10.1. The first-order valence-corrected chi connectivity index (χ1v) is 7.46. The molecule has 4 nitrogen and oxygen atoms in total. The highest BCUT2D eigenvalue weighted by molar-refractivity contribution is 5.11. The molecule has 1 aliphatic heterocycles. The average Bonchev–Trinajstić information content (AvgIpc) is 2.36. The van der Waals surface area contributed by atoms with Gasteiger partial charge < -0.3 is 10.1 Å². The highest BCUT2D eigenvalue weighted by Gasteiger charge is 2.17. The van der Waals surface area contributed by atoms with Crippen LogP contribution in [0.2, 0.25) is 0 Å². The van der Waals surface area contributed by atoms with E-state index < -0.39 is 0 Å². The molecule has 0 saturated carbocycles. The van der Waals surface area contributed by atoms with E-state index in [1.54, 1.807) is 0 Å². The minimum Gasteiger partial charge on any atom is -0.376 e. The molecular formula is C16H27N3O. The Morgan fingerprint density at radius 3 is 2.80 bits per heavy atom. The molecule has 1 fully saturated rings. The Kier molecular flexibility index (Phi) is 5.13. The third-order valence-corrected chi connectivity index (χ3v) is 3.38. The molecule has 1 aliphatic rings. The summed E-state index contributed by atoms with van der Waals surface area (Å²) in [7, 11) is 0. The SMILES string of the molecule is CC1CN(Cc2cccc(CNC(C)(C)C)n2)CCO1. The van der Waals surface area contributed by atoms with Gasteiger partial charge in [0.1, 0.15) is 0 Å². The van der Waals surface area contributed by atoms with E-state index in [1.165, 1.54) is 0 Å². The first-order chi connectivity index (χ1) is 9.42. The summed E-state index contributed by atoms with van der Waals surface area (Å²) in [5.74, 6) is 0. The molecule has 1 atom stereocenters. The van der Waals surface area contributed by atoms with Gasteiger partial charge in [0.05, 0.1) is 24.1 Å². The summed E-state index contributed by atoms with van der Waals surface area (Å²) >= 11 is 0. The molecule has 1 saturated heterocycles. The monoisotopic (exact) mass is 277 g/mol. The van der Waals surface area contributed by atoms with Crippen LogP contribution in [0.3, 0.4) is 0 Å². The molecule has 0 bridgehead atoms. The lowest BCUT2D eigenvalue weighted by Crippen LogP contribution is -2.40. The molecular weight excluding hydrogens is 250 g/mol. The van der Waals surface area contributed by atoms with Crippen LogP contribution >= 0.6 is 0 Å². The lowest BCUT2D eigenvalue weighted by molar-refractivity contribution is -0.0216. The second-order valence-corrected chi connectivity index (χ2v) is 6.64. The summed E-state index contributed by atoms with van der Waals surface area (Å²) < 4.78 is 5.57. The molecule has 1 aromatic rings. The predicted molar refractivity (Wildman–Crippen MR) is 81.5 cm³/mol.